The van der Waals surface area contributed by atoms with Gasteiger partial charge in [0.25, 0.3) is 0 Å². The first-order valence-corrected chi connectivity index (χ1v) is 34.4. The van der Waals surface area contributed by atoms with Crippen LogP contribution in [0.25, 0.3) is 0 Å². The Balaban J connectivity index is 2.09. The van der Waals surface area contributed by atoms with Crippen molar-refractivity contribution in [1.29, 1.82) is 0 Å². The van der Waals surface area contributed by atoms with Gasteiger partial charge in [-0.15, -0.1) is 0 Å². The van der Waals surface area contributed by atoms with Gasteiger partial charge in [-0.05, 0) is 38.5 Å². The van der Waals surface area contributed by atoms with Crippen molar-refractivity contribution in [2.45, 2.75) is 403 Å². The number of ether oxygens (including phenoxy) is 2. The van der Waals surface area contributed by atoms with Gasteiger partial charge in [0.2, 0.25) is 5.91 Å². The highest BCUT2D eigenvalue weighted by atomic mass is 16.7. The van der Waals surface area contributed by atoms with Gasteiger partial charge in [-0.1, -0.05) is 328 Å². The quantitative estimate of drug-likeness (QED) is 0.0261. The average molecular weight is 1090 g/mol. The van der Waals surface area contributed by atoms with Crippen molar-refractivity contribution < 1.29 is 39.8 Å². The molecule has 1 amide bonds. The first kappa shape index (κ1) is 73.9. The summed E-state index contributed by atoms with van der Waals surface area (Å²) in [6.07, 6.45) is 67.1. The second-order valence-electron chi connectivity index (χ2n) is 24.3. The van der Waals surface area contributed by atoms with E-state index < -0.39 is 49.5 Å². The average Bonchev–Trinajstić information content (AvgIpc) is 3.43. The molecule has 9 heteroatoms. The lowest BCUT2D eigenvalue weighted by Gasteiger charge is -2.40. The standard InChI is InChI=1S/C68H133NO8/c1-3-5-7-9-11-13-15-17-19-21-23-25-26-27-28-29-30-31-32-33-34-35-36-38-40-42-44-46-48-50-52-54-56-58-64(72)69-61(60-76-68-67(75)66(74)65(73)63(59-70)77-68)62(71)57-55-53-51-49-47-45-43-41-39-37-24-22-20-18-16-14-12-10-8-6-4-2/h27-28,61-63,65-68,70-71,73-75H,3-26,29-60H2,1-2H3,(H,69,72)/b28-27-. The highest BCUT2D eigenvalue weighted by Gasteiger charge is 2.44. The molecule has 1 heterocycles. The molecule has 0 saturated carbocycles. The molecule has 77 heavy (non-hydrogen) atoms. The Kier molecular flexibility index (Phi) is 55.8. The summed E-state index contributed by atoms with van der Waals surface area (Å²) in [5.41, 5.74) is 0. The van der Waals surface area contributed by atoms with E-state index in [1.165, 1.54) is 295 Å². The Morgan fingerprint density at radius 3 is 1.05 bits per heavy atom. The van der Waals surface area contributed by atoms with Gasteiger partial charge in [-0.25, -0.2) is 0 Å². The molecule has 1 saturated heterocycles. The Hall–Kier alpha value is -1.07. The predicted octanol–water partition coefficient (Wildman–Crippen LogP) is 18.3. The number of carbonyl (C=O) groups excluding carboxylic acids is 1. The van der Waals surface area contributed by atoms with Gasteiger partial charge in [0.15, 0.2) is 6.29 Å². The second-order valence-corrected chi connectivity index (χ2v) is 24.3. The SMILES string of the molecule is CCCCCCCCCCCCCC/C=C\CCCCCCCCCCCCCCCCCCCC(=O)NC(COC1OC(CO)C(O)C(O)C1O)C(O)CCCCCCCCCCCCCCCCCCCCCCC. The third kappa shape index (κ3) is 47.2. The van der Waals surface area contributed by atoms with Crippen LogP contribution >= 0.6 is 0 Å². The molecule has 9 nitrogen and oxygen atoms in total. The van der Waals surface area contributed by atoms with Crippen molar-refractivity contribution >= 4 is 5.91 Å². The molecular formula is C68H133NO8. The fourth-order valence-corrected chi connectivity index (χ4v) is 11.5. The largest absolute Gasteiger partial charge is 0.394 e. The van der Waals surface area contributed by atoms with Gasteiger partial charge >= 0.3 is 0 Å². The van der Waals surface area contributed by atoms with Gasteiger partial charge in [0, 0.05) is 6.42 Å². The molecule has 0 spiro atoms. The summed E-state index contributed by atoms with van der Waals surface area (Å²) in [4.78, 5) is 13.1. The molecule has 1 rings (SSSR count). The molecule has 1 fully saturated rings. The van der Waals surface area contributed by atoms with Gasteiger partial charge in [-0.2, -0.15) is 0 Å². The first-order valence-electron chi connectivity index (χ1n) is 34.4. The minimum absolute atomic E-state index is 0.132. The summed E-state index contributed by atoms with van der Waals surface area (Å²) < 4.78 is 11.4. The van der Waals surface area contributed by atoms with E-state index in [4.69, 9.17) is 9.47 Å². The molecule has 7 atom stereocenters. The number of aliphatic hydroxyl groups excluding tert-OH is 5. The maximum absolute atomic E-state index is 13.1. The molecule has 0 radical (unpaired) electrons. The van der Waals surface area contributed by atoms with Crippen molar-refractivity contribution in [3.63, 3.8) is 0 Å². The molecular weight excluding hydrogens is 959 g/mol. The van der Waals surface area contributed by atoms with Crippen LogP contribution in [-0.4, -0.2) is 87.5 Å². The summed E-state index contributed by atoms with van der Waals surface area (Å²) in [7, 11) is 0. The third-order valence-corrected chi connectivity index (χ3v) is 16.9. The lowest BCUT2D eigenvalue weighted by Crippen LogP contribution is -2.60. The summed E-state index contributed by atoms with van der Waals surface area (Å²) in [6, 6.07) is -0.716. The van der Waals surface area contributed by atoms with Crippen LogP contribution in [0.15, 0.2) is 12.2 Å². The van der Waals surface area contributed by atoms with Gasteiger partial charge in [-0.3, -0.25) is 4.79 Å². The Labute approximate surface area is 477 Å². The molecule has 0 aromatic heterocycles. The Morgan fingerprint density at radius 2 is 0.727 bits per heavy atom. The predicted molar refractivity (Wildman–Crippen MR) is 327 cm³/mol. The number of amides is 1. The number of aliphatic hydroxyl groups is 5. The van der Waals surface area contributed by atoms with E-state index in [1.807, 2.05) is 0 Å². The monoisotopic (exact) mass is 1090 g/mol. The van der Waals surface area contributed by atoms with Crippen LogP contribution in [0.2, 0.25) is 0 Å². The van der Waals surface area contributed by atoms with E-state index in [0.29, 0.717) is 12.8 Å². The maximum Gasteiger partial charge on any atom is 0.220 e. The summed E-state index contributed by atoms with van der Waals surface area (Å²) in [5.74, 6) is -0.136. The summed E-state index contributed by atoms with van der Waals surface area (Å²) >= 11 is 0. The van der Waals surface area contributed by atoms with Crippen LogP contribution in [0.5, 0.6) is 0 Å². The zero-order valence-electron chi connectivity index (χ0n) is 51.3. The topological polar surface area (TPSA) is 149 Å². The van der Waals surface area contributed by atoms with E-state index in [-0.39, 0.29) is 12.5 Å². The van der Waals surface area contributed by atoms with Gasteiger partial charge < -0.3 is 40.3 Å². The lowest BCUT2D eigenvalue weighted by atomic mass is 9.99. The third-order valence-electron chi connectivity index (χ3n) is 16.9. The number of rotatable bonds is 61. The molecule has 1 aliphatic heterocycles. The summed E-state index contributed by atoms with van der Waals surface area (Å²) in [5, 5.41) is 54.9. The molecule has 458 valence electrons. The molecule has 0 aromatic carbocycles. The highest BCUT2D eigenvalue weighted by Crippen LogP contribution is 2.24. The van der Waals surface area contributed by atoms with E-state index in [9.17, 15) is 30.3 Å². The Bertz CT molecular complexity index is 1220. The van der Waals surface area contributed by atoms with Crippen LogP contribution in [0, 0.1) is 0 Å². The van der Waals surface area contributed by atoms with Gasteiger partial charge in [0.1, 0.15) is 24.4 Å². The smallest absolute Gasteiger partial charge is 0.220 e. The van der Waals surface area contributed by atoms with Crippen molar-refractivity contribution in [3.05, 3.63) is 12.2 Å². The highest BCUT2D eigenvalue weighted by molar-refractivity contribution is 5.76. The number of unbranched alkanes of at least 4 members (excludes halogenated alkanes) is 49. The van der Waals surface area contributed by atoms with Crippen LogP contribution in [0.1, 0.15) is 361 Å². The number of hydrogen-bond donors (Lipinski definition) is 6. The molecule has 6 N–H and O–H groups in total. The maximum atomic E-state index is 13.1. The fourth-order valence-electron chi connectivity index (χ4n) is 11.5. The first-order chi connectivity index (χ1) is 37.8. The van der Waals surface area contributed by atoms with Crippen molar-refractivity contribution in [2.75, 3.05) is 13.2 Å². The van der Waals surface area contributed by atoms with E-state index in [1.54, 1.807) is 0 Å². The van der Waals surface area contributed by atoms with Crippen molar-refractivity contribution in [2.24, 2.45) is 0 Å². The van der Waals surface area contributed by atoms with Crippen molar-refractivity contribution in [1.82, 2.24) is 5.32 Å². The Morgan fingerprint density at radius 1 is 0.429 bits per heavy atom. The number of allylic oxidation sites excluding steroid dienone is 2. The fraction of sp³-hybridized carbons (Fsp3) is 0.956. The molecule has 0 aliphatic carbocycles. The van der Waals surface area contributed by atoms with E-state index in [0.717, 1.165) is 38.5 Å². The zero-order valence-corrected chi connectivity index (χ0v) is 51.3. The van der Waals surface area contributed by atoms with Crippen LogP contribution in [-0.2, 0) is 14.3 Å². The molecule has 7 unspecified atom stereocenters. The second kappa shape index (κ2) is 58.1. The van der Waals surface area contributed by atoms with Gasteiger partial charge in [0.05, 0.1) is 25.4 Å². The molecule has 1 aliphatic rings. The molecule has 0 bridgehead atoms. The zero-order chi connectivity index (χ0) is 55.8. The number of nitrogens with one attached hydrogen (secondary N) is 1. The number of hydrogen-bond acceptors (Lipinski definition) is 8. The number of carbonyl (C=O) groups is 1. The van der Waals surface area contributed by atoms with Crippen LogP contribution in [0.3, 0.4) is 0 Å². The normalized spacial score (nSPS) is 18.7. The minimum atomic E-state index is -1.55. The van der Waals surface area contributed by atoms with E-state index in [2.05, 4.69) is 31.3 Å². The lowest BCUT2D eigenvalue weighted by molar-refractivity contribution is -0.302. The van der Waals surface area contributed by atoms with Crippen molar-refractivity contribution in [3.8, 4) is 0 Å². The summed E-state index contributed by atoms with van der Waals surface area (Å²) in [6.45, 7) is 3.90. The van der Waals surface area contributed by atoms with Crippen LogP contribution in [0.4, 0.5) is 0 Å². The van der Waals surface area contributed by atoms with Crippen LogP contribution < -0.4 is 5.32 Å². The van der Waals surface area contributed by atoms with E-state index >= 15 is 0 Å². The molecule has 0 aromatic rings. The minimum Gasteiger partial charge on any atom is -0.394 e.